The van der Waals surface area contributed by atoms with Gasteiger partial charge in [-0.25, -0.2) is 0 Å². The molecule has 0 aliphatic carbocycles. The lowest BCUT2D eigenvalue weighted by Gasteiger charge is -2.37. The number of rotatable bonds is 4. The van der Waals surface area contributed by atoms with Crippen molar-refractivity contribution in [1.82, 2.24) is 9.80 Å². The molecule has 0 atom stereocenters. The minimum absolute atomic E-state index is 0.0682. The van der Waals surface area contributed by atoms with Crippen LogP contribution in [-0.4, -0.2) is 47.9 Å². The van der Waals surface area contributed by atoms with Crippen molar-refractivity contribution in [1.29, 1.82) is 0 Å². The minimum atomic E-state index is 0.0682. The topological polar surface area (TPSA) is 36.7 Å². The van der Waals surface area contributed by atoms with Crippen molar-refractivity contribution < 1.29 is 9.21 Å². The number of hydrogen-bond donors (Lipinski definition) is 0. The molecule has 2 heterocycles. The molecule has 0 unspecified atom stereocenters. The van der Waals surface area contributed by atoms with Gasteiger partial charge in [0.1, 0.15) is 0 Å². The Balaban J connectivity index is 1.93. The molecule has 0 radical (unpaired) electrons. The SMILES string of the molecule is CCN(CC)C1CCN(C(=O)c2ccoc2Br)CC1. The summed E-state index contributed by atoms with van der Waals surface area (Å²) in [5.74, 6) is 0.0682. The normalized spacial score (nSPS) is 17.2. The van der Waals surface area contributed by atoms with Crippen LogP contribution in [0.2, 0.25) is 0 Å². The molecule has 0 aromatic carbocycles. The minimum Gasteiger partial charge on any atom is -0.457 e. The third-order valence-corrected chi connectivity index (χ3v) is 4.54. The number of likely N-dealkylation sites (tertiary alicyclic amines) is 1. The molecule has 5 heteroatoms. The Hall–Kier alpha value is -0.810. The highest BCUT2D eigenvalue weighted by Gasteiger charge is 2.27. The van der Waals surface area contributed by atoms with Crippen LogP contribution in [0.4, 0.5) is 0 Å². The van der Waals surface area contributed by atoms with Gasteiger partial charge in [0.05, 0.1) is 11.8 Å². The molecule has 1 aromatic rings. The average Bonchev–Trinajstić information content (AvgIpc) is 2.86. The van der Waals surface area contributed by atoms with Crippen LogP contribution in [0, 0.1) is 0 Å². The first-order valence-electron chi connectivity index (χ1n) is 6.93. The molecule has 1 amide bonds. The summed E-state index contributed by atoms with van der Waals surface area (Å²) in [6.45, 7) is 8.23. The molecule has 0 saturated carbocycles. The van der Waals surface area contributed by atoms with E-state index in [0.717, 1.165) is 39.0 Å². The lowest BCUT2D eigenvalue weighted by Crippen LogP contribution is -2.46. The molecule has 1 aliphatic heterocycles. The highest BCUT2D eigenvalue weighted by Crippen LogP contribution is 2.22. The summed E-state index contributed by atoms with van der Waals surface area (Å²) in [6, 6.07) is 2.34. The summed E-state index contributed by atoms with van der Waals surface area (Å²) in [5, 5.41) is 0. The molecule has 0 spiro atoms. The highest BCUT2D eigenvalue weighted by atomic mass is 79.9. The monoisotopic (exact) mass is 328 g/mol. The molecule has 19 heavy (non-hydrogen) atoms. The number of halogens is 1. The molecule has 0 bridgehead atoms. The molecule has 2 rings (SSSR count). The van der Waals surface area contributed by atoms with Crippen LogP contribution >= 0.6 is 15.9 Å². The number of furan rings is 1. The van der Waals surface area contributed by atoms with Crippen molar-refractivity contribution >= 4 is 21.8 Å². The van der Waals surface area contributed by atoms with E-state index in [4.69, 9.17) is 4.42 Å². The van der Waals surface area contributed by atoms with Crippen LogP contribution in [0.1, 0.15) is 37.0 Å². The summed E-state index contributed by atoms with van der Waals surface area (Å²) < 4.78 is 5.66. The summed E-state index contributed by atoms with van der Waals surface area (Å²) in [5.41, 5.74) is 0.626. The lowest BCUT2D eigenvalue weighted by molar-refractivity contribution is 0.0629. The van der Waals surface area contributed by atoms with Gasteiger partial charge in [-0.05, 0) is 47.9 Å². The lowest BCUT2D eigenvalue weighted by atomic mass is 10.0. The number of hydrogen-bond acceptors (Lipinski definition) is 3. The first-order valence-corrected chi connectivity index (χ1v) is 7.73. The van der Waals surface area contributed by atoms with Gasteiger partial charge in [0.25, 0.3) is 5.91 Å². The number of carbonyl (C=O) groups is 1. The van der Waals surface area contributed by atoms with Crippen LogP contribution in [0.15, 0.2) is 21.4 Å². The zero-order valence-electron chi connectivity index (χ0n) is 11.6. The maximum absolute atomic E-state index is 12.3. The van der Waals surface area contributed by atoms with Crippen molar-refractivity contribution in [2.75, 3.05) is 26.2 Å². The molecule has 0 N–H and O–H groups in total. The molecule has 1 saturated heterocycles. The van der Waals surface area contributed by atoms with E-state index >= 15 is 0 Å². The Morgan fingerprint density at radius 2 is 2.05 bits per heavy atom. The largest absolute Gasteiger partial charge is 0.457 e. The molecule has 1 aromatic heterocycles. The van der Waals surface area contributed by atoms with Crippen molar-refractivity contribution in [2.24, 2.45) is 0 Å². The van der Waals surface area contributed by atoms with E-state index in [9.17, 15) is 4.79 Å². The zero-order valence-corrected chi connectivity index (χ0v) is 13.1. The second kappa shape index (κ2) is 6.57. The van der Waals surface area contributed by atoms with E-state index in [2.05, 4.69) is 34.7 Å². The van der Waals surface area contributed by atoms with E-state index in [1.807, 2.05) is 4.90 Å². The van der Waals surface area contributed by atoms with Crippen molar-refractivity contribution in [3.8, 4) is 0 Å². The maximum Gasteiger partial charge on any atom is 0.258 e. The molecule has 1 fully saturated rings. The Labute approximate surface area is 122 Å². The van der Waals surface area contributed by atoms with E-state index in [0.29, 0.717) is 16.3 Å². The first kappa shape index (κ1) is 14.6. The van der Waals surface area contributed by atoms with E-state index in [1.165, 1.54) is 0 Å². The number of piperidine rings is 1. The fourth-order valence-corrected chi connectivity index (χ4v) is 3.20. The van der Waals surface area contributed by atoms with Gasteiger partial charge < -0.3 is 14.2 Å². The van der Waals surface area contributed by atoms with E-state index in [-0.39, 0.29) is 5.91 Å². The van der Waals surface area contributed by atoms with Gasteiger partial charge in [-0.3, -0.25) is 4.79 Å². The zero-order chi connectivity index (χ0) is 13.8. The maximum atomic E-state index is 12.3. The number of nitrogens with zero attached hydrogens (tertiary/aromatic N) is 2. The van der Waals surface area contributed by atoms with Gasteiger partial charge in [0, 0.05) is 19.1 Å². The van der Waals surface area contributed by atoms with Gasteiger partial charge in [0.2, 0.25) is 0 Å². The summed E-state index contributed by atoms with van der Waals surface area (Å²) in [7, 11) is 0. The molecule has 1 aliphatic rings. The summed E-state index contributed by atoms with van der Waals surface area (Å²) >= 11 is 3.27. The second-order valence-electron chi connectivity index (χ2n) is 4.85. The van der Waals surface area contributed by atoms with Crippen molar-refractivity contribution in [3.05, 3.63) is 22.6 Å². The van der Waals surface area contributed by atoms with E-state index < -0.39 is 0 Å². The summed E-state index contributed by atoms with van der Waals surface area (Å²) in [6.07, 6.45) is 3.66. The third-order valence-electron chi connectivity index (χ3n) is 3.93. The van der Waals surface area contributed by atoms with Crippen LogP contribution in [0.3, 0.4) is 0 Å². The Morgan fingerprint density at radius 3 is 2.53 bits per heavy atom. The average molecular weight is 329 g/mol. The van der Waals surface area contributed by atoms with Gasteiger partial charge in [0.15, 0.2) is 4.67 Å². The van der Waals surface area contributed by atoms with Crippen LogP contribution in [0.5, 0.6) is 0 Å². The summed E-state index contributed by atoms with van der Waals surface area (Å²) in [4.78, 5) is 16.7. The number of carbonyl (C=O) groups excluding carboxylic acids is 1. The van der Waals surface area contributed by atoms with Gasteiger partial charge in [-0.1, -0.05) is 13.8 Å². The fraction of sp³-hybridized carbons (Fsp3) is 0.643. The van der Waals surface area contributed by atoms with E-state index in [1.54, 1.807) is 12.3 Å². The van der Waals surface area contributed by atoms with Crippen LogP contribution in [-0.2, 0) is 0 Å². The fourth-order valence-electron chi connectivity index (χ4n) is 2.79. The third kappa shape index (κ3) is 3.20. The van der Waals surface area contributed by atoms with Crippen molar-refractivity contribution in [2.45, 2.75) is 32.7 Å². The Kier molecular flexibility index (Phi) is 5.05. The quantitative estimate of drug-likeness (QED) is 0.852. The van der Waals surface area contributed by atoms with Gasteiger partial charge >= 0.3 is 0 Å². The Morgan fingerprint density at radius 1 is 1.42 bits per heavy atom. The van der Waals surface area contributed by atoms with Crippen LogP contribution in [0.25, 0.3) is 0 Å². The highest BCUT2D eigenvalue weighted by molar-refractivity contribution is 9.10. The molecular weight excluding hydrogens is 308 g/mol. The van der Waals surface area contributed by atoms with Gasteiger partial charge in [-0.15, -0.1) is 0 Å². The Bertz CT molecular complexity index is 421. The molecule has 4 nitrogen and oxygen atoms in total. The first-order chi connectivity index (χ1) is 9.17. The predicted molar refractivity (Wildman–Crippen MR) is 78.3 cm³/mol. The number of amides is 1. The second-order valence-corrected chi connectivity index (χ2v) is 5.57. The molecular formula is C14H21BrN2O2. The predicted octanol–water partition coefficient (Wildman–Crippen LogP) is 2.99. The molecule has 106 valence electrons. The van der Waals surface area contributed by atoms with Crippen LogP contribution < -0.4 is 0 Å². The van der Waals surface area contributed by atoms with Gasteiger partial charge in [-0.2, -0.15) is 0 Å². The van der Waals surface area contributed by atoms with Crippen molar-refractivity contribution in [3.63, 3.8) is 0 Å². The smallest absolute Gasteiger partial charge is 0.258 e. The standard InChI is InChI=1S/C14H21BrN2O2/c1-3-16(4-2)11-5-8-17(9-6-11)14(18)12-7-10-19-13(12)15/h7,10-11H,3-6,8-9H2,1-2H3.